The fraction of sp³-hybridized carbons (Fsp3) is 0.478. The van der Waals surface area contributed by atoms with Gasteiger partial charge in [-0.1, -0.05) is 35.9 Å². The summed E-state index contributed by atoms with van der Waals surface area (Å²) >= 11 is 6.40. The van der Waals surface area contributed by atoms with E-state index in [-0.39, 0.29) is 32.0 Å². The minimum absolute atomic E-state index is 0.101. The fourth-order valence-corrected chi connectivity index (χ4v) is 3.75. The summed E-state index contributed by atoms with van der Waals surface area (Å²) in [4.78, 5) is 0. The van der Waals surface area contributed by atoms with Gasteiger partial charge in [-0.3, -0.25) is 0 Å². The first-order valence-electron chi connectivity index (χ1n) is 10.2. The second kappa shape index (κ2) is 11.7. The highest BCUT2D eigenvalue weighted by molar-refractivity contribution is 6.31. The summed E-state index contributed by atoms with van der Waals surface area (Å²) < 4.78 is 40.2. The molecular weight excluding hydrogens is 430 g/mol. The average Bonchev–Trinajstić information content (AvgIpc) is 2.75. The molecule has 170 valence electrons. The molecule has 0 bridgehead atoms. The van der Waals surface area contributed by atoms with E-state index in [2.05, 4.69) is 0 Å². The Labute approximate surface area is 185 Å². The quantitative estimate of drug-likeness (QED) is 0.525. The fourth-order valence-electron chi connectivity index (χ4n) is 3.57. The van der Waals surface area contributed by atoms with Crippen molar-refractivity contribution in [2.24, 2.45) is 0 Å². The van der Waals surface area contributed by atoms with Crippen molar-refractivity contribution < 1.29 is 33.2 Å². The van der Waals surface area contributed by atoms with Gasteiger partial charge in [0.1, 0.15) is 19.0 Å². The molecule has 1 heterocycles. The highest BCUT2D eigenvalue weighted by Gasteiger charge is 2.29. The van der Waals surface area contributed by atoms with Crippen LogP contribution < -0.4 is 4.74 Å². The Kier molecular flexibility index (Phi) is 9.04. The van der Waals surface area contributed by atoms with Crippen LogP contribution in [0.25, 0.3) is 0 Å². The molecule has 2 N–H and O–H groups in total. The zero-order valence-electron chi connectivity index (χ0n) is 17.1. The van der Waals surface area contributed by atoms with Crippen LogP contribution in [-0.2, 0) is 15.9 Å². The smallest absolute Gasteiger partial charge is 0.261 e. The molecule has 2 aromatic rings. The highest BCUT2D eigenvalue weighted by atomic mass is 35.5. The molecule has 8 heteroatoms. The van der Waals surface area contributed by atoms with E-state index in [4.69, 9.17) is 25.8 Å². The van der Waals surface area contributed by atoms with E-state index < -0.39 is 19.1 Å². The Bertz CT molecular complexity index is 818. The number of ether oxygens (including phenoxy) is 3. The number of hydrogen-bond donors (Lipinski definition) is 2. The van der Waals surface area contributed by atoms with Gasteiger partial charge in [-0.25, -0.2) is 8.78 Å². The summed E-state index contributed by atoms with van der Waals surface area (Å²) in [7, 11) is 0. The van der Waals surface area contributed by atoms with Gasteiger partial charge >= 0.3 is 0 Å². The lowest BCUT2D eigenvalue weighted by Crippen LogP contribution is -2.33. The van der Waals surface area contributed by atoms with Crippen molar-refractivity contribution in [2.75, 3.05) is 26.4 Å². The zero-order valence-corrected chi connectivity index (χ0v) is 17.8. The Morgan fingerprint density at radius 2 is 1.87 bits per heavy atom. The van der Waals surface area contributed by atoms with Gasteiger partial charge in [0.2, 0.25) is 0 Å². The van der Waals surface area contributed by atoms with Gasteiger partial charge in [0.15, 0.2) is 0 Å². The third-order valence-electron chi connectivity index (χ3n) is 5.08. The monoisotopic (exact) mass is 456 g/mol. The number of aliphatic hydroxyl groups is 2. The molecule has 0 aliphatic carbocycles. The topological polar surface area (TPSA) is 68.2 Å². The predicted octanol–water partition coefficient (Wildman–Crippen LogP) is 4.16. The maximum absolute atomic E-state index is 12.0. The molecule has 1 aliphatic heterocycles. The van der Waals surface area contributed by atoms with Crippen LogP contribution in [0.2, 0.25) is 5.02 Å². The van der Waals surface area contributed by atoms with E-state index >= 15 is 0 Å². The van der Waals surface area contributed by atoms with E-state index in [1.807, 2.05) is 42.5 Å². The summed E-state index contributed by atoms with van der Waals surface area (Å²) in [5.74, 6) is 0.629. The van der Waals surface area contributed by atoms with Crippen molar-refractivity contribution in [3.05, 3.63) is 64.2 Å². The molecule has 31 heavy (non-hydrogen) atoms. The van der Waals surface area contributed by atoms with E-state index in [9.17, 15) is 19.0 Å². The van der Waals surface area contributed by atoms with Gasteiger partial charge in [-0.15, -0.1) is 0 Å². The Morgan fingerprint density at radius 1 is 1.10 bits per heavy atom. The van der Waals surface area contributed by atoms with Gasteiger partial charge in [0.25, 0.3) is 6.43 Å². The molecule has 2 aromatic carbocycles. The van der Waals surface area contributed by atoms with E-state index in [0.717, 1.165) is 16.7 Å². The summed E-state index contributed by atoms with van der Waals surface area (Å²) in [5, 5.41) is 20.1. The first-order valence-corrected chi connectivity index (χ1v) is 10.6. The van der Waals surface area contributed by atoms with Crippen LogP contribution in [0.3, 0.4) is 0 Å². The number of rotatable bonds is 10. The molecule has 1 aliphatic rings. The Morgan fingerprint density at radius 3 is 2.58 bits per heavy atom. The molecule has 1 fully saturated rings. The number of alkyl halides is 2. The number of hydrogen-bond acceptors (Lipinski definition) is 5. The van der Waals surface area contributed by atoms with Crippen molar-refractivity contribution in [2.45, 2.75) is 44.0 Å². The first kappa shape index (κ1) is 23.9. The Hall–Kier alpha value is -1.77. The van der Waals surface area contributed by atoms with Crippen LogP contribution in [0.4, 0.5) is 8.78 Å². The summed E-state index contributed by atoms with van der Waals surface area (Å²) in [6.07, 6.45) is -2.14. The zero-order chi connectivity index (χ0) is 22.2. The number of aliphatic hydroxyl groups excluding tert-OH is 2. The number of benzene rings is 2. The third kappa shape index (κ3) is 7.40. The lowest BCUT2D eigenvalue weighted by molar-refractivity contribution is -0.113. The van der Waals surface area contributed by atoms with E-state index in [1.54, 1.807) is 0 Å². The lowest BCUT2D eigenvalue weighted by Gasteiger charge is -2.32. The molecule has 0 spiro atoms. The van der Waals surface area contributed by atoms with Gasteiger partial charge in [-0.05, 0) is 41.3 Å². The molecule has 0 unspecified atom stereocenters. The molecule has 3 atom stereocenters. The predicted molar refractivity (Wildman–Crippen MR) is 113 cm³/mol. The molecular formula is C23H27ClF2O5. The van der Waals surface area contributed by atoms with Crippen LogP contribution in [0.15, 0.2) is 42.5 Å². The number of halogens is 3. The average molecular weight is 457 g/mol. The normalized spacial score (nSPS) is 21.4. The standard InChI is InChI=1S/C23H27ClF2O5/c24-21-6-3-16(22-12-18(28)11-20(13-27)31-22)10-17(21)9-15-1-4-19(5-2-15)30-8-7-29-14-23(25)26/h1-6,10,18,20,22-23,27-28H,7-9,11-14H2/t18-,20-,22+/m0/s1. The van der Waals surface area contributed by atoms with Crippen molar-refractivity contribution in [1.82, 2.24) is 0 Å². The Balaban J connectivity index is 1.59. The molecule has 3 rings (SSSR count). The molecule has 0 amide bonds. The maximum atomic E-state index is 12.0. The second-order valence-corrected chi connectivity index (χ2v) is 7.95. The van der Waals surface area contributed by atoms with Crippen LogP contribution >= 0.6 is 11.6 Å². The molecule has 0 radical (unpaired) electrons. The summed E-state index contributed by atoms with van der Waals surface area (Å²) in [5.41, 5.74) is 2.87. The lowest BCUT2D eigenvalue weighted by atomic mass is 9.94. The van der Waals surface area contributed by atoms with Crippen molar-refractivity contribution in [3.8, 4) is 5.75 Å². The SMILES string of the molecule is OC[C@@H]1C[C@H](O)C[C@H](c2ccc(Cl)c(Cc3ccc(OCCOCC(F)F)cc3)c2)O1. The minimum atomic E-state index is -2.48. The van der Waals surface area contributed by atoms with Gasteiger partial charge in [0, 0.05) is 17.9 Å². The van der Waals surface area contributed by atoms with Crippen LogP contribution in [0.5, 0.6) is 5.75 Å². The molecule has 1 saturated heterocycles. The molecule has 0 saturated carbocycles. The van der Waals surface area contributed by atoms with Crippen molar-refractivity contribution in [3.63, 3.8) is 0 Å². The van der Waals surface area contributed by atoms with Crippen molar-refractivity contribution >= 4 is 11.6 Å². The van der Waals surface area contributed by atoms with Crippen LogP contribution in [0, 0.1) is 0 Å². The third-order valence-corrected chi connectivity index (χ3v) is 5.45. The minimum Gasteiger partial charge on any atom is -0.491 e. The first-order chi connectivity index (χ1) is 14.9. The maximum Gasteiger partial charge on any atom is 0.261 e. The van der Waals surface area contributed by atoms with Crippen molar-refractivity contribution in [1.29, 1.82) is 0 Å². The van der Waals surface area contributed by atoms with Gasteiger partial charge < -0.3 is 24.4 Å². The summed E-state index contributed by atoms with van der Waals surface area (Å²) in [6.45, 7) is -0.417. The summed E-state index contributed by atoms with van der Waals surface area (Å²) in [6, 6.07) is 13.1. The molecule has 5 nitrogen and oxygen atoms in total. The van der Waals surface area contributed by atoms with Gasteiger partial charge in [-0.2, -0.15) is 0 Å². The highest BCUT2D eigenvalue weighted by Crippen LogP contribution is 2.33. The second-order valence-electron chi connectivity index (χ2n) is 7.54. The van der Waals surface area contributed by atoms with E-state index in [0.29, 0.717) is 30.0 Å². The van der Waals surface area contributed by atoms with E-state index in [1.165, 1.54) is 0 Å². The largest absolute Gasteiger partial charge is 0.491 e. The van der Waals surface area contributed by atoms with Crippen LogP contribution in [-0.4, -0.2) is 55.3 Å². The van der Waals surface area contributed by atoms with Gasteiger partial charge in [0.05, 0.1) is 31.5 Å². The van der Waals surface area contributed by atoms with Crippen LogP contribution in [0.1, 0.15) is 35.6 Å². The molecule has 0 aromatic heterocycles.